The number of rotatable bonds is 1. The quantitative estimate of drug-likeness (QED) is 0.645. The second-order valence-electron chi connectivity index (χ2n) is 3.67. The lowest BCUT2D eigenvalue weighted by Gasteiger charge is -2.08. The van der Waals surface area contributed by atoms with Crippen molar-refractivity contribution < 1.29 is 4.79 Å². The maximum absolute atomic E-state index is 11.1. The van der Waals surface area contributed by atoms with Crippen LogP contribution in [0.4, 0.5) is 0 Å². The molecule has 1 aromatic rings. The number of hydrogen-bond acceptors (Lipinski definition) is 1. The zero-order valence-corrected chi connectivity index (χ0v) is 8.93. The molecule has 1 atom stereocenters. The Morgan fingerprint density at radius 1 is 1.43 bits per heavy atom. The number of allylic oxidation sites excluding steroid dienone is 1. The summed E-state index contributed by atoms with van der Waals surface area (Å²) >= 11 is 5.51. The summed E-state index contributed by atoms with van der Waals surface area (Å²) < 4.78 is 0. The molecule has 1 aromatic carbocycles. The standard InChI is InChI=1S/C12H11ClO/c1-7-4-3-5-9-8(2)11(12(13)14)6-10(7)9/h3-6,8H,1-2H3. The Morgan fingerprint density at radius 2 is 2.14 bits per heavy atom. The molecule has 0 heterocycles. The van der Waals surface area contributed by atoms with Gasteiger partial charge in [0, 0.05) is 11.5 Å². The molecular formula is C12H11ClO. The zero-order chi connectivity index (χ0) is 10.3. The second-order valence-corrected chi connectivity index (χ2v) is 4.02. The van der Waals surface area contributed by atoms with E-state index in [0.717, 1.165) is 5.56 Å². The Hall–Kier alpha value is -1.08. The van der Waals surface area contributed by atoms with Crippen LogP contribution in [0.15, 0.2) is 23.8 Å². The number of aryl methyl sites for hydroxylation is 1. The summed E-state index contributed by atoms with van der Waals surface area (Å²) in [6.45, 7) is 4.06. The summed E-state index contributed by atoms with van der Waals surface area (Å²) in [7, 11) is 0. The molecule has 1 aliphatic rings. The van der Waals surface area contributed by atoms with E-state index < -0.39 is 0 Å². The highest BCUT2D eigenvalue weighted by atomic mass is 35.5. The first-order valence-corrected chi connectivity index (χ1v) is 5.00. The van der Waals surface area contributed by atoms with Crippen molar-refractivity contribution in [3.63, 3.8) is 0 Å². The Kier molecular flexibility index (Phi) is 2.20. The van der Waals surface area contributed by atoms with E-state index in [1.807, 2.05) is 32.1 Å². The summed E-state index contributed by atoms with van der Waals surface area (Å²) in [4.78, 5) is 11.1. The van der Waals surface area contributed by atoms with Gasteiger partial charge in [-0.1, -0.05) is 25.1 Å². The van der Waals surface area contributed by atoms with Gasteiger partial charge >= 0.3 is 0 Å². The van der Waals surface area contributed by atoms with Gasteiger partial charge in [-0.15, -0.1) is 0 Å². The van der Waals surface area contributed by atoms with E-state index in [-0.39, 0.29) is 11.2 Å². The normalized spacial score (nSPS) is 19.1. The fourth-order valence-corrected chi connectivity index (χ4v) is 2.17. The van der Waals surface area contributed by atoms with Crippen LogP contribution >= 0.6 is 11.6 Å². The van der Waals surface area contributed by atoms with E-state index in [1.54, 1.807) is 0 Å². The maximum Gasteiger partial charge on any atom is 0.248 e. The summed E-state index contributed by atoms with van der Waals surface area (Å²) in [5, 5.41) is -0.340. The molecular weight excluding hydrogens is 196 g/mol. The predicted molar refractivity (Wildman–Crippen MR) is 58.4 cm³/mol. The third kappa shape index (κ3) is 1.28. The number of carbonyl (C=O) groups excluding carboxylic acids is 1. The van der Waals surface area contributed by atoms with Gasteiger partial charge in [-0.25, -0.2) is 0 Å². The van der Waals surface area contributed by atoms with Gasteiger partial charge in [0.2, 0.25) is 5.24 Å². The molecule has 0 aliphatic heterocycles. The monoisotopic (exact) mass is 206 g/mol. The van der Waals surface area contributed by atoms with Gasteiger partial charge in [0.25, 0.3) is 0 Å². The zero-order valence-electron chi connectivity index (χ0n) is 8.17. The summed E-state index contributed by atoms with van der Waals surface area (Å²) in [6, 6.07) is 6.11. The van der Waals surface area contributed by atoms with E-state index in [1.165, 1.54) is 11.1 Å². The highest BCUT2D eigenvalue weighted by Crippen LogP contribution is 2.38. The van der Waals surface area contributed by atoms with E-state index in [0.29, 0.717) is 5.57 Å². The number of hydrogen-bond donors (Lipinski definition) is 0. The van der Waals surface area contributed by atoms with Crippen LogP contribution in [0.25, 0.3) is 6.08 Å². The molecule has 1 nitrogen and oxygen atoms in total. The minimum Gasteiger partial charge on any atom is -0.276 e. The Labute approximate surface area is 88.4 Å². The largest absolute Gasteiger partial charge is 0.276 e. The van der Waals surface area contributed by atoms with Gasteiger partial charge in [0.15, 0.2) is 0 Å². The summed E-state index contributed by atoms with van der Waals surface area (Å²) in [6.07, 6.45) is 1.91. The molecule has 1 aliphatic carbocycles. The summed E-state index contributed by atoms with van der Waals surface area (Å²) in [5.74, 6) is 0.134. The molecule has 0 saturated carbocycles. The molecule has 0 spiro atoms. The molecule has 0 amide bonds. The van der Waals surface area contributed by atoms with Crippen LogP contribution < -0.4 is 0 Å². The van der Waals surface area contributed by atoms with Gasteiger partial charge in [-0.05, 0) is 41.3 Å². The molecule has 0 bridgehead atoms. The van der Waals surface area contributed by atoms with E-state index in [2.05, 4.69) is 6.07 Å². The third-order valence-electron chi connectivity index (χ3n) is 2.82. The lowest BCUT2D eigenvalue weighted by Crippen LogP contribution is -1.99. The van der Waals surface area contributed by atoms with Crippen LogP contribution in [-0.4, -0.2) is 5.24 Å². The Balaban J connectivity index is 2.58. The van der Waals surface area contributed by atoms with Crippen molar-refractivity contribution in [1.29, 1.82) is 0 Å². The molecule has 0 fully saturated rings. The lowest BCUT2D eigenvalue weighted by atomic mass is 9.97. The molecule has 0 radical (unpaired) electrons. The lowest BCUT2D eigenvalue weighted by molar-refractivity contribution is -0.108. The molecule has 72 valence electrons. The number of fused-ring (bicyclic) bond motifs is 1. The summed E-state index contributed by atoms with van der Waals surface area (Å²) in [5.41, 5.74) is 4.26. The molecule has 2 heteroatoms. The van der Waals surface area contributed by atoms with E-state index in [9.17, 15) is 4.79 Å². The second kappa shape index (κ2) is 3.25. The molecule has 0 saturated heterocycles. The first kappa shape index (κ1) is 9.47. The first-order chi connectivity index (χ1) is 6.61. The van der Waals surface area contributed by atoms with Gasteiger partial charge < -0.3 is 0 Å². The minimum absolute atomic E-state index is 0.134. The van der Waals surface area contributed by atoms with Gasteiger partial charge in [-0.2, -0.15) is 0 Å². The van der Waals surface area contributed by atoms with Crippen molar-refractivity contribution in [2.45, 2.75) is 19.8 Å². The first-order valence-electron chi connectivity index (χ1n) is 4.62. The van der Waals surface area contributed by atoms with Gasteiger partial charge in [-0.3, -0.25) is 4.79 Å². The van der Waals surface area contributed by atoms with Crippen molar-refractivity contribution in [1.82, 2.24) is 0 Å². The van der Waals surface area contributed by atoms with Crippen molar-refractivity contribution in [3.8, 4) is 0 Å². The van der Waals surface area contributed by atoms with Crippen LogP contribution in [0.5, 0.6) is 0 Å². The van der Waals surface area contributed by atoms with Crippen LogP contribution in [0.2, 0.25) is 0 Å². The van der Waals surface area contributed by atoms with Gasteiger partial charge in [0.1, 0.15) is 0 Å². The SMILES string of the molecule is Cc1cccc2c1C=C(C(=O)Cl)C2C. The van der Waals surface area contributed by atoms with E-state index in [4.69, 9.17) is 11.6 Å². The smallest absolute Gasteiger partial charge is 0.248 e. The maximum atomic E-state index is 11.1. The minimum atomic E-state index is -0.340. The number of halogens is 1. The molecule has 2 rings (SSSR count). The fraction of sp³-hybridized carbons (Fsp3) is 0.250. The fourth-order valence-electron chi connectivity index (χ4n) is 1.95. The van der Waals surface area contributed by atoms with Crippen molar-refractivity contribution in [2.24, 2.45) is 0 Å². The highest BCUT2D eigenvalue weighted by Gasteiger charge is 2.25. The predicted octanol–water partition coefficient (Wildman–Crippen LogP) is 3.26. The average Bonchev–Trinajstić information content (AvgIpc) is 2.46. The third-order valence-corrected chi connectivity index (χ3v) is 3.04. The van der Waals surface area contributed by atoms with Crippen LogP contribution in [-0.2, 0) is 4.79 Å². The number of benzene rings is 1. The molecule has 0 N–H and O–H groups in total. The molecule has 1 unspecified atom stereocenters. The van der Waals surface area contributed by atoms with Crippen LogP contribution in [0, 0.1) is 6.92 Å². The van der Waals surface area contributed by atoms with Crippen LogP contribution in [0.3, 0.4) is 0 Å². The highest BCUT2D eigenvalue weighted by molar-refractivity contribution is 6.68. The van der Waals surface area contributed by atoms with Gasteiger partial charge in [0.05, 0.1) is 0 Å². The molecule has 0 aromatic heterocycles. The topological polar surface area (TPSA) is 17.1 Å². The van der Waals surface area contributed by atoms with Crippen molar-refractivity contribution in [2.75, 3.05) is 0 Å². The average molecular weight is 207 g/mol. The van der Waals surface area contributed by atoms with E-state index >= 15 is 0 Å². The molecule has 14 heavy (non-hydrogen) atoms. The number of carbonyl (C=O) groups is 1. The van der Waals surface area contributed by atoms with Crippen molar-refractivity contribution >= 4 is 22.9 Å². The van der Waals surface area contributed by atoms with Crippen LogP contribution in [0.1, 0.15) is 29.5 Å². The Morgan fingerprint density at radius 3 is 2.71 bits per heavy atom. The van der Waals surface area contributed by atoms with Crippen molar-refractivity contribution in [3.05, 3.63) is 40.5 Å². The Bertz CT molecular complexity index is 432.